The number of guanidine groups is 1. The number of nitrogens with zero attached hydrogens (tertiary/aromatic N) is 3. The van der Waals surface area contributed by atoms with Gasteiger partial charge >= 0.3 is 0 Å². The van der Waals surface area contributed by atoms with Crippen molar-refractivity contribution in [2.75, 3.05) is 72.1 Å². The Morgan fingerprint density at radius 2 is 1.96 bits per heavy atom. The predicted octanol–water partition coefficient (Wildman–Crippen LogP) is 1.63. The molecule has 1 atom stereocenters. The Kier molecular flexibility index (Phi) is 10.3. The molecule has 0 aliphatic carbocycles. The Morgan fingerprint density at radius 3 is 2.69 bits per heavy atom. The van der Waals surface area contributed by atoms with Crippen molar-refractivity contribution in [3.63, 3.8) is 0 Å². The van der Waals surface area contributed by atoms with Crippen molar-refractivity contribution >= 4 is 5.96 Å². The number of likely N-dealkylation sites (tertiary alicyclic amines) is 1. The van der Waals surface area contributed by atoms with Crippen LogP contribution in [0.4, 0.5) is 0 Å². The molecule has 6 nitrogen and oxygen atoms in total. The number of piperidine rings is 1. The molecule has 0 saturated carbocycles. The molecule has 0 radical (unpaired) electrons. The molecule has 0 aromatic carbocycles. The summed E-state index contributed by atoms with van der Waals surface area (Å²) in [6, 6.07) is 0. The lowest BCUT2D eigenvalue weighted by Crippen LogP contribution is -2.42. The highest BCUT2D eigenvalue weighted by Crippen LogP contribution is 2.17. The molecule has 2 aliphatic rings. The highest BCUT2D eigenvalue weighted by Gasteiger charge is 2.20. The average molecular weight is 368 g/mol. The van der Waals surface area contributed by atoms with Crippen LogP contribution in [0, 0.1) is 11.8 Å². The first kappa shape index (κ1) is 21.5. The highest BCUT2D eigenvalue weighted by molar-refractivity contribution is 5.79. The third-order valence-corrected chi connectivity index (χ3v) is 5.13. The Hall–Kier alpha value is -0.850. The first-order valence-electron chi connectivity index (χ1n) is 10.7. The summed E-state index contributed by atoms with van der Waals surface area (Å²) in [5, 5.41) is 6.91. The molecule has 26 heavy (non-hydrogen) atoms. The molecule has 2 heterocycles. The lowest BCUT2D eigenvalue weighted by Gasteiger charge is -2.33. The topological polar surface area (TPSA) is 52.1 Å². The fourth-order valence-electron chi connectivity index (χ4n) is 3.88. The number of hydrogen-bond donors (Lipinski definition) is 2. The molecule has 6 heteroatoms. The third kappa shape index (κ3) is 8.69. The van der Waals surface area contributed by atoms with Crippen molar-refractivity contribution in [3.05, 3.63) is 0 Å². The Bertz CT molecular complexity index is 396. The molecule has 0 aromatic rings. The Labute approximate surface area is 160 Å². The lowest BCUT2D eigenvalue weighted by atomic mass is 9.97. The maximum atomic E-state index is 5.40. The van der Waals surface area contributed by atoms with Crippen LogP contribution in [0.3, 0.4) is 0 Å². The van der Waals surface area contributed by atoms with Gasteiger partial charge in [0.05, 0.1) is 13.2 Å². The maximum absolute atomic E-state index is 5.40. The summed E-state index contributed by atoms with van der Waals surface area (Å²) < 4.78 is 5.40. The van der Waals surface area contributed by atoms with E-state index in [-0.39, 0.29) is 0 Å². The van der Waals surface area contributed by atoms with E-state index in [4.69, 9.17) is 9.73 Å². The van der Waals surface area contributed by atoms with Gasteiger partial charge in [-0.1, -0.05) is 13.8 Å². The molecular weight excluding hydrogens is 326 g/mol. The van der Waals surface area contributed by atoms with Crippen molar-refractivity contribution in [3.8, 4) is 0 Å². The highest BCUT2D eigenvalue weighted by atomic mass is 16.5. The van der Waals surface area contributed by atoms with E-state index in [1.54, 1.807) is 0 Å². The standard InChI is InChI=1S/C20H41N5O/c1-4-21-20(22-8-6-10-24-11-13-26-14-12-24)23-15-19-7-5-9-25(17-19)16-18(2)3/h18-19H,4-17H2,1-3H3,(H2,21,22,23). The zero-order valence-electron chi connectivity index (χ0n) is 17.3. The van der Waals surface area contributed by atoms with Crippen LogP contribution in [-0.2, 0) is 4.74 Å². The molecule has 2 fully saturated rings. The molecule has 0 bridgehead atoms. The smallest absolute Gasteiger partial charge is 0.191 e. The van der Waals surface area contributed by atoms with Gasteiger partial charge in [0, 0.05) is 45.8 Å². The van der Waals surface area contributed by atoms with Gasteiger partial charge in [-0.05, 0) is 51.1 Å². The molecule has 2 N–H and O–H groups in total. The lowest BCUT2D eigenvalue weighted by molar-refractivity contribution is 0.0376. The monoisotopic (exact) mass is 367 g/mol. The van der Waals surface area contributed by atoms with Crippen LogP contribution in [-0.4, -0.2) is 87.9 Å². The largest absolute Gasteiger partial charge is 0.379 e. The van der Waals surface area contributed by atoms with Crippen molar-refractivity contribution in [2.45, 2.75) is 40.0 Å². The number of nitrogens with one attached hydrogen (secondary N) is 2. The molecule has 0 amide bonds. The van der Waals surface area contributed by atoms with Gasteiger partial charge in [-0.15, -0.1) is 0 Å². The second kappa shape index (κ2) is 12.5. The van der Waals surface area contributed by atoms with Crippen LogP contribution in [0.2, 0.25) is 0 Å². The van der Waals surface area contributed by atoms with Crippen LogP contribution in [0.1, 0.15) is 40.0 Å². The summed E-state index contributed by atoms with van der Waals surface area (Å²) in [4.78, 5) is 9.98. The van der Waals surface area contributed by atoms with Crippen molar-refractivity contribution < 1.29 is 4.74 Å². The van der Waals surface area contributed by atoms with Gasteiger partial charge in [0.25, 0.3) is 0 Å². The predicted molar refractivity (Wildman–Crippen MR) is 110 cm³/mol. The Morgan fingerprint density at radius 1 is 1.15 bits per heavy atom. The van der Waals surface area contributed by atoms with Crippen molar-refractivity contribution in [1.29, 1.82) is 0 Å². The van der Waals surface area contributed by atoms with E-state index in [1.807, 2.05) is 0 Å². The van der Waals surface area contributed by atoms with Crippen LogP contribution < -0.4 is 10.6 Å². The normalized spacial score (nSPS) is 23.4. The molecule has 152 valence electrons. The van der Waals surface area contributed by atoms with E-state index in [2.05, 4.69) is 41.2 Å². The van der Waals surface area contributed by atoms with Crippen LogP contribution in [0.25, 0.3) is 0 Å². The number of hydrogen-bond acceptors (Lipinski definition) is 4. The number of morpholine rings is 1. The van der Waals surface area contributed by atoms with Gasteiger partial charge in [0.15, 0.2) is 5.96 Å². The average Bonchev–Trinajstić information content (AvgIpc) is 2.64. The van der Waals surface area contributed by atoms with Crippen LogP contribution in [0.5, 0.6) is 0 Å². The fraction of sp³-hybridized carbons (Fsp3) is 0.950. The van der Waals surface area contributed by atoms with Crippen LogP contribution >= 0.6 is 0 Å². The number of ether oxygens (including phenoxy) is 1. The molecular formula is C20H41N5O. The zero-order valence-corrected chi connectivity index (χ0v) is 17.3. The van der Waals surface area contributed by atoms with Crippen molar-refractivity contribution in [2.24, 2.45) is 16.8 Å². The summed E-state index contributed by atoms with van der Waals surface area (Å²) in [5.41, 5.74) is 0. The Balaban J connectivity index is 1.67. The summed E-state index contributed by atoms with van der Waals surface area (Å²) in [7, 11) is 0. The third-order valence-electron chi connectivity index (χ3n) is 5.13. The summed E-state index contributed by atoms with van der Waals surface area (Å²) >= 11 is 0. The molecule has 0 aromatic heterocycles. The summed E-state index contributed by atoms with van der Waals surface area (Å²) in [5.74, 6) is 2.43. The second-order valence-corrected chi connectivity index (χ2v) is 8.12. The van der Waals surface area contributed by atoms with E-state index < -0.39 is 0 Å². The molecule has 2 aliphatic heterocycles. The van der Waals surface area contributed by atoms with E-state index in [1.165, 1.54) is 32.5 Å². The van der Waals surface area contributed by atoms with E-state index >= 15 is 0 Å². The van der Waals surface area contributed by atoms with E-state index in [0.29, 0.717) is 5.92 Å². The van der Waals surface area contributed by atoms with E-state index in [9.17, 15) is 0 Å². The maximum Gasteiger partial charge on any atom is 0.191 e. The number of rotatable bonds is 9. The first-order chi connectivity index (χ1) is 12.7. The van der Waals surface area contributed by atoms with Gasteiger partial charge in [-0.25, -0.2) is 0 Å². The number of aliphatic imine (C=N–C) groups is 1. The SMILES string of the molecule is CCNC(=NCC1CCCN(CC(C)C)C1)NCCCN1CCOCC1. The van der Waals surface area contributed by atoms with Gasteiger partial charge in [0.1, 0.15) is 0 Å². The zero-order chi connectivity index (χ0) is 18.6. The quantitative estimate of drug-likeness (QED) is 0.369. The molecule has 1 unspecified atom stereocenters. The van der Waals surface area contributed by atoms with Crippen LogP contribution in [0.15, 0.2) is 4.99 Å². The van der Waals surface area contributed by atoms with Gasteiger partial charge in [0.2, 0.25) is 0 Å². The van der Waals surface area contributed by atoms with Gasteiger partial charge in [-0.2, -0.15) is 0 Å². The van der Waals surface area contributed by atoms with E-state index in [0.717, 1.165) is 70.8 Å². The van der Waals surface area contributed by atoms with Gasteiger partial charge in [-0.3, -0.25) is 9.89 Å². The summed E-state index contributed by atoms with van der Waals surface area (Å²) in [6.45, 7) is 18.3. The van der Waals surface area contributed by atoms with Crippen molar-refractivity contribution in [1.82, 2.24) is 20.4 Å². The minimum atomic E-state index is 0.700. The first-order valence-corrected chi connectivity index (χ1v) is 10.7. The second-order valence-electron chi connectivity index (χ2n) is 8.12. The fourth-order valence-corrected chi connectivity index (χ4v) is 3.88. The molecule has 2 rings (SSSR count). The molecule has 0 spiro atoms. The summed E-state index contributed by atoms with van der Waals surface area (Å²) in [6.07, 6.45) is 3.78. The molecule has 2 saturated heterocycles. The minimum Gasteiger partial charge on any atom is -0.379 e. The van der Waals surface area contributed by atoms with Gasteiger partial charge < -0.3 is 20.3 Å². The minimum absolute atomic E-state index is 0.700.